The van der Waals surface area contributed by atoms with Crippen LogP contribution in [0.25, 0.3) is 10.2 Å². The summed E-state index contributed by atoms with van der Waals surface area (Å²) in [4.78, 5) is 28.4. The fourth-order valence-electron chi connectivity index (χ4n) is 4.63. The first-order valence-electron chi connectivity index (χ1n) is 10.8. The van der Waals surface area contributed by atoms with Crippen molar-refractivity contribution in [1.29, 1.82) is 0 Å². The standard InChI is InChI=1S/C20H28N6O3S/c1-12-15-10-16(30-19(15)26(24-12)14-4-8-29-9-5-14)18(27)23-13-2-3-17(22-11-13)25-7-6-21-20(25)28/h10,13-14,17,22H,2-9,11H2,1H3,(H,21,28)(H,23,27). The lowest BCUT2D eigenvalue weighted by atomic mass is 10.0. The minimum atomic E-state index is -0.0294. The molecule has 5 rings (SSSR count). The summed E-state index contributed by atoms with van der Waals surface area (Å²) in [6, 6.07) is 2.37. The number of hydrogen-bond donors (Lipinski definition) is 3. The molecule has 3 N–H and O–H groups in total. The predicted octanol–water partition coefficient (Wildman–Crippen LogP) is 1.59. The van der Waals surface area contributed by atoms with Gasteiger partial charge < -0.3 is 20.3 Å². The van der Waals surface area contributed by atoms with Crippen LogP contribution in [0.15, 0.2) is 6.07 Å². The smallest absolute Gasteiger partial charge is 0.318 e. The van der Waals surface area contributed by atoms with Crippen LogP contribution in [0.5, 0.6) is 0 Å². The molecule has 5 heterocycles. The summed E-state index contributed by atoms with van der Waals surface area (Å²) in [5.41, 5.74) is 0.970. The van der Waals surface area contributed by atoms with Gasteiger partial charge >= 0.3 is 6.03 Å². The predicted molar refractivity (Wildman–Crippen MR) is 114 cm³/mol. The Labute approximate surface area is 179 Å². The van der Waals surface area contributed by atoms with Crippen LogP contribution in [0.3, 0.4) is 0 Å². The molecule has 0 saturated carbocycles. The van der Waals surface area contributed by atoms with E-state index in [-0.39, 0.29) is 24.1 Å². The van der Waals surface area contributed by atoms with E-state index in [0.29, 0.717) is 19.1 Å². The molecule has 3 aliphatic rings. The summed E-state index contributed by atoms with van der Waals surface area (Å²) in [6.07, 6.45) is 3.66. The van der Waals surface area contributed by atoms with Crippen molar-refractivity contribution in [2.45, 2.75) is 50.9 Å². The van der Waals surface area contributed by atoms with Crippen LogP contribution < -0.4 is 16.0 Å². The molecule has 0 aliphatic carbocycles. The zero-order valence-corrected chi connectivity index (χ0v) is 18.0. The molecule has 0 aromatic carbocycles. The Bertz CT molecular complexity index is 942. The molecule has 30 heavy (non-hydrogen) atoms. The van der Waals surface area contributed by atoms with Crippen molar-refractivity contribution in [3.63, 3.8) is 0 Å². The second kappa shape index (κ2) is 8.16. The van der Waals surface area contributed by atoms with Gasteiger partial charge in [0.05, 0.1) is 22.8 Å². The van der Waals surface area contributed by atoms with Crippen molar-refractivity contribution in [1.82, 2.24) is 30.6 Å². The number of nitrogens with one attached hydrogen (secondary N) is 3. The molecule has 9 nitrogen and oxygen atoms in total. The maximum atomic E-state index is 12.9. The second-order valence-corrected chi connectivity index (χ2v) is 9.33. The third-order valence-corrected chi connectivity index (χ3v) is 7.44. The SMILES string of the molecule is Cc1nn(C2CCOCC2)c2sc(C(=O)NC3CCC(N4CCNC4=O)NC3)cc12. The number of urea groups is 1. The number of hydrogen-bond acceptors (Lipinski definition) is 6. The molecule has 3 amide bonds. The molecule has 162 valence electrons. The Morgan fingerprint density at radius 1 is 1.30 bits per heavy atom. The number of carbonyl (C=O) groups is 2. The van der Waals surface area contributed by atoms with Gasteiger partial charge in [0.2, 0.25) is 0 Å². The van der Waals surface area contributed by atoms with Crippen molar-refractivity contribution in [3.05, 3.63) is 16.6 Å². The van der Waals surface area contributed by atoms with Crippen molar-refractivity contribution in [2.75, 3.05) is 32.8 Å². The van der Waals surface area contributed by atoms with Crippen LogP contribution in [0, 0.1) is 6.92 Å². The van der Waals surface area contributed by atoms with Crippen molar-refractivity contribution < 1.29 is 14.3 Å². The van der Waals surface area contributed by atoms with Gasteiger partial charge in [-0.3, -0.25) is 14.8 Å². The van der Waals surface area contributed by atoms with Gasteiger partial charge in [-0.25, -0.2) is 4.79 Å². The highest BCUT2D eigenvalue weighted by atomic mass is 32.1. The molecule has 2 aromatic rings. The quantitative estimate of drug-likeness (QED) is 0.681. The molecule has 3 fully saturated rings. The summed E-state index contributed by atoms with van der Waals surface area (Å²) in [5, 5.41) is 15.2. The highest BCUT2D eigenvalue weighted by Gasteiger charge is 2.32. The Kier molecular flexibility index (Phi) is 5.38. The maximum Gasteiger partial charge on any atom is 0.318 e. The average molecular weight is 433 g/mol. The van der Waals surface area contributed by atoms with Gasteiger partial charge in [0, 0.05) is 44.3 Å². The molecule has 2 unspecified atom stereocenters. The number of carbonyl (C=O) groups excluding carboxylic acids is 2. The number of piperidine rings is 1. The van der Waals surface area contributed by atoms with Gasteiger partial charge in [-0.2, -0.15) is 5.10 Å². The van der Waals surface area contributed by atoms with Gasteiger partial charge in [-0.1, -0.05) is 0 Å². The number of thiophene rings is 1. The summed E-state index contributed by atoms with van der Waals surface area (Å²) >= 11 is 1.52. The number of aromatic nitrogens is 2. The van der Waals surface area contributed by atoms with Crippen molar-refractivity contribution in [3.8, 4) is 0 Å². The van der Waals surface area contributed by atoms with Gasteiger partial charge in [-0.05, 0) is 38.7 Å². The van der Waals surface area contributed by atoms with Crippen LogP contribution >= 0.6 is 11.3 Å². The van der Waals surface area contributed by atoms with E-state index < -0.39 is 0 Å². The lowest BCUT2D eigenvalue weighted by Crippen LogP contribution is -2.56. The number of rotatable bonds is 4. The van der Waals surface area contributed by atoms with Gasteiger partial charge in [-0.15, -0.1) is 11.3 Å². The molecule has 2 atom stereocenters. The van der Waals surface area contributed by atoms with E-state index >= 15 is 0 Å². The summed E-state index contributed by atoms with van der Waals surface area (Å²) in [5.74, 6) is -0.0294. The van der Waals surface area contributed by atoms with Crippen LogP contribution in [0.1, 0.15) is 47.1 Å². The minimum absolute atomic E-state index is 0.00537. The van der Waals surface area contributed by atoms with Crippen molar-refractivity contribution in [2.24, 2.45) is 0 Å². The molecule has 0 spiro atoms. The minimum Gasteiger partial charge on any atom is -0.381 e. The third-order valence-electron chi connectivity index (χ3n) is 6.32. The normalized spacial score (nSPS) is 25.6. The van der Waals surface area contributed by atoms with Crippen LogP contribution in [0.4, 0.5) is 4.79 Å². The van der Waals surface area contributed by atoms with E-state index in [0.717, 1.165) is 66.2 Å². The number of fused-ring (bicyclic) bond motifs is 1. The Morgan fingerprint density at radius 3 is 2.83 bits per heavy atom. The summed E-state index contributed by atoms with van der Waals surface area (Å²) < 4.78 is 7.58. The highest BCUT2D eigenvalue weighted by Crippen LogP contribution is 2.33. The zero-order valence-electron chi connectivity index (χ0n) is 17.1. The number of nitrogens with zero attached hydrogens (tertiary/aromatic N) is 3. The zero-order chi connectivity index (χ0) is 20.7. The topological polar surface area (TPSA) is 101 Å². The number of ether oxygens (including phenoxy) is 1. The fourth-order valence-corrected chi connectivity index (χ4v) is 5.77. The molecule has 3 aliphatic heterocycles. The fraction of sp³-hybridized carbons (Fsp3) is 0.650. The van der Waals surface area contributed by atoms with Crippen molar-refractivity contribution >= 4 is 33.5 Å². The lowest BCUT2D eigenvalue weighted by molar-refractivity contribution is 0.0675. The molecule has 2 aromatic heterocycles. The summed E-state index contributed by atoms with van der Waals surface area (Å²) in [7, 11) is 0. The van der Waals surface area contributed by atoms with Gasteiger partial charge in [0.25, 0.3) is 5.91 Å². The van der Waals surface area contributed by atoms with Crippen LogP contribution in [-0.4, -0.2) is 71.7 Å². The van der Waals surface area contributed by atoms with Gasteiger partial charge in [0.1, 0.15) is 4.83 Å². The Hall–Kier alpha value is -2.17. The first kappa shape index (κ1) is 19.8. The second-order valence-electron chi connectivity index (χ2n) is 8.30. The molecular formula is C20H28N6O3S. The van der Waals surface area contributed by atoms with E-state index in [1.54, 1.807) is 0 Å². The molecule has 10 heteroatoms. The van der Waals surface area contributed by atoms with E-state index in [2.05, 4.69) is 20.6 Å². The largest absolute Gasteiger partial charge is 0.381 e. The molecule has 0 bridgehead atoms. The van der Waals surface area contributed by atoms with E-state index in [1.165, 1.54) is 11.3 Å². The van der Waals surface area contributed by atoms with Gasteiger partial charge in [0.15, 0.2) is 0 Å². The van der Waals surface area contributed by atoms with E-state index in [4.69, 9.17) is 9.84 Å². The first-order valence-corrected chi connectivity index (χ1v) is 11.6. The third kappa shape index (κ3) is 3.67. The lowest BCUT2D eigenvalue weighted by Gasteiger charge is -2.35. The number of amides is 3. The van der Waals surface area contributed by atoms with E-state index in [1.807, 2.05) is 17.9 Å². The highest BCUT2D eigenvalue weighted by molar-refractivity contribution is 7.20. The molecule has 3 saturated heterocycles. The summed E-state index contributed by atoms with van der Waals surface area (Å²) in [6.45, 7) is 5.63. The van der Waals surface area contributed by atoms with E-state index in [9.17, 15) is 9.59 Å². The first-order chi connectivity index (χ1) is 14.6. The molecular weight excluding hydrogens is 404 g/mol. The Balaban J connectivity index is 1.24. The Morgan fingerprint density at radius 2 is 2.13 bits per heavy atom. The molecule has 0 radical (unpaired) electrons. The average Bonchev–Trinajstić information content (AvgIpc) is 3.46. The maximum absolute atomic E-state index is 12.9. The van der Waals surface area contributed by atoms with Crippen LogP contribution in [0.2, 0.25) is 0 Å². The number of aryl methyl sites for hydroxylation is 1. The van der Waals surface area contributed by atoms with Crippen LogP contribution in [-0.2, 0) is 4.74 Å². The monoisotopic (exact) mass is 432 g/mol.